The van der Waals surface area contributed by atoms with E-state index in [2.05, 4.69) is 0 Å². The van der Waals surface area contributed by atoms with Crippen LogP contribution in [-0.2, 0) is 30.5 Å². The fourth-order valence-corrected chi connectivity index (χ4v) is 6.23. The predicted molar refractivity (Wildman–Crippen MR) is 126 cm³/mol. The van der Waals surface area contributed by atoms with Crippen LogP contribution in [0.1, 0.15) is 30.3 Å². The first-order valence-corrected chi connectivity index (χ1v) is 12.6. The number of likely N-dealkylation sites (tertiary alicyclic amines) is 1. The molecule has 176 valence electrons. The van der Waals surface area contributed by atoms with E-state index >= 15 is 0 Å². The third kappa shape index (κ3) is 3.80. The highest BCUT2D eigenvalue weighted by Crippen LogP contribution is 2.27. The zero-order chi connectivity index (χ0) is 24.1. The predicted octanol–water partition coefficient (Wildman–Crippen LogP) is 1.79. The molecule has 1 fully saturated rings. The fourth-order valence-electron chi connectivity index (χ4n) is 4.41. The number of fused-ring (bicyclic) bond motifs is 1. The molecule has 4 rings (SSSR count). The Balaban J connectivity index is 1.71. The zero-order valence-corrected chi connectivity index (χ0v) is 20.2. The number of amides is 1. The molecular weight excluding hydrogens is 468 g/mol. The minimum atomic E-state index is -3.63. The lowest BCUT2D eigenvalue weighted by Gasteiger charge is -2.18. The van der Waals surface area contributed by atoms with Crippen LogP contribution in [0.25, 0.3) is 11.0 Å². The summed E-state index contributed by atoms with van der Waals surface area (Å²) in [7, 11) is -0.669. The molecule has 9 nitrogen and oxygen atoms in total. The van der Waals surface area contributed by atoms with Gasteiger partial charge in [-0.05, 0) is 43.2 Å². The van der Waals surface area contributed by atoms with E-state index in [1.165, 1.54) is 46.8 Å². The van der Waals surface area contributed by atoms with Gasteiger partial charge in [-0.25, -0.2) is 13.2 Å². The molecule has 0 aliphatic carbocycles. The number of rotatable bonds is 5. The van der Waals surface area contributed by atoms with E-state index in [4.69, 9.17) is 11.6 Å². The van der Waals surface area contributed by atoms with Gasteiger partial charge in [0.15, 0.2) is 9.84 Å². The lowest BCUT2D eigenvalue weighted by Crippen LogP contribution is -2.37. The Labute approximate surface area is 195 Å². The lowest BCUT2D eigenvalue weighted by atomic mass is 10.3. The summed E-state index contributed by atoms with van der Waals surface area (Å²) in [6.07, 6.45) is 0.992. The molecule has 1 aromatic carbocycles. The molecule has 33 heavy (non-hydrogen) atoms. The van der Waals surface area contributed by atoms with Crippen molar-refractivity contribution in [1.82, 2.24) is 18.6 Å². The smallest absolute Gasteiger partial charge is 0.332 e. The maximum Gasteiger partial charge on any atom is 0.332 e. The van der Waals surface area contributed by atoms with Crippen LogP contribution in [-0.4, -0.2) is 51.3 Å². The number of hydrogen-bond donors (Lipinski definition) is 0. The highest BCUT2D eigenvalue weighted by molar-refractivity contribution is 7.92. The number of aryl methyl sites for hydroxylation is 2. The van der Waals surface area contributed by atoms with E-state index in [1.807, 2.05) is 6.92 Å². The monoisotopic (exact) mass is 492 g/mol. The van der Waals surface area contributed by atoms with E-state index in [1.54, 1.807) is 11.6 Å². The van der Waals surface area contributed by atoms with Crippen molar-refractivity contribution in [1.29, 1.82) is 0 Å². The van der Waals surface area contributed by atoms with Crippen LogP contribution in [0, 0.1) is 0 Å². The molecule has 1 aliphatic heterocycles. The van der Waals surface area contributed by atoms with Crippen LogP contribution in [0.2, 0.25) is 5.02 Å². The zero-order valence-electron chi connectivity index (χ0n) is 18.6. The summed E-state index contributed by atoms with van der Waals surface area (Å²) in [5.74, 6) is -0.358. The summed E-state index contributed by atoms with van der Waals surface area (Å²) >= 11 is 5.87. The van der Waals surface area contributed by atoms with Crippen molar-refractivity contribution < 1.29 is 13.2 Å². The van der Waals surface area contributed by atoms with Crippen molar-refractivity contribution in [2.24, 2.45) is 14.1 Å². The third-order valence-corrected chi connectivity index (χ3v) is 8.62. The average molecular weight is 493 g/mol. The van der Waals surface area contributed by atoms with E-state index < -0.39 is 26.3 Å². The molecule has 0 radical (unpaired) electrons. The van der Waals surface area contributed by atoms with Gasteiger partial charge in [0.25, 0.3) is 11.5 Å². The first-order valence-electron chi connectivity index (χ1n) is 10.7. The molecule has 11 heteroatoms. The molecule has 1 saturated heterocycles. The molecule has 2 aromatic heterocycles. The Bertz CT molecular complexity index is 1470. The lowest BCUT2D eigenvalue weighted by molar-refractivity contribution is 0.0782. The van der Waals surface area contributed by atoms with Crippen LogP contribution in [0.3, 0.4) is 0 Å². The highest BCUT2D eigenvalue weighted by Gasteiger charge is 2.37. The van der Waals surface area contributed by atoms with Crippen molar-refractivity contribution in [2.75, 3.05) is 13.1 Å². The van der Waals surface area contributed by atoms with Crippen LogP contribution in [0.5, 0.6) is 0 Å². The second-order valence-electron chi connectivity index (χ2n) is 8.29. The van der Waals surface area contributed by atoms with Gasteiger partial charge >= 0.3 is 5.69 Å². The SMILES string of the molecule is CCCn1c(C(=O)N2CCC(S(=O)(=O)c3ccc(Cl)cc3)C2)cc2c(=O)n(C)c(=O)n(C)c21. The Morgan fingerprint density at radius 2 is 1.79 bits per heavy atom. The number of nitrogens with zero attached hydrogens (tertiary/aromatic N) is 4. The average Bonchev–Trinajstić information content (AvgIpc) is 3.43. The quantitative estimate of drug-likeness (QED) is 0.540. The minimum Gasteiger partial charge on any atom is -0.336 e. The van der Waals surface area contributed by atoms with Gasteiger partial charge in [-0.1, -0.05) is 18.5 Å². The number of sulfone groups is 1. The molecular formula is C22H25ClN4O5S. The molecule has 1 amide bonds. The maximum absolute atomic E-state index is 13.5. The third-order valence-electron chi connectivity index (χ3n) is 6.17. The second-order valence-corrected chi connectivity index (χ2v) is 10.9. The maximum atomic E-state index is 13.5. The van der Waals surface area contributed by atoms with Gasteiger partial charge in [-0.3, -0.25) is 18.7 Å². The van der Waals surface area contributed by atoms with E-state index in [-0.39, 0.29) is 35.0 Å². The normalized spacial score (nSPS) is 16.6. The number of halogens is 1. The van der Waals surface area contributed by atoms with Crippen molar-refractivity contribution >= 4 is 38.4 Å². The molecule has 1 aliphatic rings. The number of benzene rings is 1. The van der Waals surface area contributed by atoms with Crippen molar-refractivity contribution in [3.8, 4) is 0 Å². The second kappa shape index (κ2) is 8.49. The molecule has 0 spiro atoms. The Morgan fingerprint density at radius 1 is 1.12 bits per heavy atom. The van der Waals surface area contributed by atoms with Gasteiger partial charge in [0.2, 0.25) is 0 Å². The number of hydrogen-bond acceptors (Lipinski definition) is 5. The summed E-state index contributed by atoms with van der Waals surface area (Å²) in [5, 5.41) is -0.00809. The number of carbonyl (C=O) groups excluding carboxylic acids is 1. The van der Waals surface area contributed by atoms with Crippen molar-refractivity contribution in [3.05, 3.63) is 61.9 Å². The van der Waals surface area contributed by atoms with Gasteiger partial charge in [0, 0.05) is 38.8 Å². The summed E-state index contributed by atoms with van der Waals surface area (Å²) in [6.45, 7) is 2.70. The summed E-state index contributed by atoms with van der Waals surface area (Å²) in [6, 6.07) is 7.51. The molecule has 0 saturated carbocycles. The summed E-state index contributed by atoms with van der Waals surface area (Å²) < 4.78 is 30.2. The van der Waals surface area contributed by atoms with Gasteiger partial charge in [-0.2, -0.15) is 0 Å². The van der Waals surface area contributed by atoms with Crippen LogP contribution in [0.4, 0.5) is 0 Å². The van der Waals surface area contributed by atoms with E-state index in [9.17, 15) is 22.8 Å². The molecule has 0 N–H and O–H groups in total. The fraction of sp³-hybridized carbons (Fsp3) is 0.409. The minimum absolute atomic E-state index is 0.0500. The first kappa shape index (κ1) is 23.3. The Morgan fingerprint density at radius 3 is 2.42 bits per heavy atom. The highest BCUT2D eigenvalue weighted by atomic mass is 35.5. The molecule has 1 unspecified atom stereocenters. The first-order chi connectivity index (χ1) is 15.6. The van der Waals surface area contributed by atoms with Gasteiger partial charge in [0.1, 0.15) is 11.3 Å². The van der Waals surface area contributed by atoms with Crippen molar-refractivity contribution in [2.45, 2.75) is 36.5 Å². The standard InChI is InChI=1S/C22H25ClN4O5S/c1-4-10-27-18(12-17-19(27)24(2)22(30)25(3)20(17)28)21(29)26-11-9-16(13-26)33(31,32)15-7-5-14(23)6-8-15/h5-8,12,16H,4,9-11,13H2,1-3H3. The van der Waals surface area contributed by atoms with E-state index in [0.29, 0.717) is 30.1 Å². The van der Waals surface area contributed by atoms with Crippen LogP contribution in [0.15, 0.2) is 44.8 Å². The van der Waals surface area contributed by atoms with E-state index in [0.717, 1.165) is 4.57 Å². The van der Waals surface area contributed by atoms with Crippen LogP contribution >= 0.6 is 11.6 Å². The molecule has 0 bridgehead atoms. The van der Waals surface area contributed by atoms with Gasteiger partial charge in [0.05, 0.1) is 15.5 Å². The number of aromatic nitrogens is 3. The topological polar surface area (TPSA) is 103 Å². The summed E-state index contributed by atoms with van der Waals surface area (Å²) in [4.78, 5) is 40.3. The summed E-state index contributed by atoms with van der Waals surface area (Å²) in [5.41, 5.74) is -0.286. The van der Waals surface area contributed by atoms with Crippen molar-refractivity contribution in [3.63, 3.8) is 0 Å². The van der Waals surface area contributed by atoms with Crippen LogP contribution < -0.4 is 11.2 Å². The Kier molecular flexibility index (Phi) is 6.00. The molecule has 1 atom stereocenters. The van der Waals surface area contributed by atoms with Gasteiger partial charge in [-0.15, -0.1) is 0 Å². The molecule has 3 heterocycles. The molecule has 3 aromatic rings. The Hall–Kier alpha value is -2.85. The number of carbonyl (C=O) groups is 1. The largest absolute Gasteiger partial charge is 0.336 e. The van der Waals surface area contributed by atoms with Gasteiger partial charge < -0.3 is 9.47 Å².